The third kappa shape index (κ3) is 3.61. The zero-order valence-corrected chi connectivity index (χ0v) is 17.8. The van der Waals surface area contributed by atoms with E-state index < -0.39 is 39.7 Å². The van der Waals surface area contributed by atoms with Gasteiger partial charge in [-0.15, -0.1) is 0 Å². The number of anilines is 2. The van der Waals surface area contributed by atoms with Crippen LogP contribution in [0.15, 0.2) is 72.8 Å². The molecule has 5 rings (SSSR count). The summed E-state index contributed by atoms with van der Waals surface area (Å²) in [4.78, 5) is 54.7. The Morgan fingerprint density at radius 3 is 2.09 bits per heavy atom. The lowest BCUT2D eigenvalue weighted by Gasteiger charge is -2.28. The van der Waals surface area contributed by atoms with E-state index in [0.29, 0.717) is 5.56 Å². The van der Waals surface area contributed by atoms with Crippen molar-refractivity contribution < 1.29 is 29.4 Å². The van der Waals surface area contributed by atoms with E-state index in [1.807, 2.05) is 0 Å². The Kier molecular flexibility index (Phi) is 5.14. The third-order valence-corrected chi connectivity index (χ3v) is 5.96. The number of nitrogens with zero attached hydrogens (tertiary/aromatic N) is 4. The number of non-ortho nitro benzene ring substituents is 2. The highest BCUT2D eigenvalue weighted by Crippen LogP contribution is 2.48. The summed E-state index contributed by atoms with van der Waals surface area (Å²) in [7, 11) is 0. The molecular formula is C23H16N4O8. The van der Waals surface area contributed by atoms with Crippen LogP contribution in [-0.4, -0.2) is 32.9 Å². The molecule has 2 fully saturated rings. The van der Waals surface area contributed by atoms with Gasteiger partial charge in [0.15, 0.2) is 6.10 Å². The molecule has 0 spiro atoms. The summed E-state index contributed by atoms with van der Waals surface area (Å²) in [6.45, 7) is 0. The molecule has 1 N–H and O–H groups in total. The van der Waals surface area contributed by atoms with Crippen LogP contribution in [0, 0.1) is 26.1 Å². The van der Waals surface area contributed by atoms with Crippen molar-refractivity contribution in [1.82, 2.24) is 0 Å². The molecule has 3 unspecified atom stereocenters. The molecule has 2 heterocycles. The zero-order chi connectivity index (χ0) is 24.9. The number of carbonyl (C=O) groups excluding carboxylic acids is 2. The molecule has 3 aromatic rings. The second kappa shape index (κ2) is 8.18. The Labute approximate surface area is 196 Å². The maximum Gasteiger partial charge on any atom is 0.271 e. The first-order valence-corrected chi connectivity index (χ1v) is 10.4. The number of hydroxylamine groups is 1. The lowest BCUT2D eigenvalue weighted by atomic mass is 9.90. The number of fused-ring (bicyclic) bond motifs is 1. The topological polar surface area (TPSA) is 156 Å². The van der Waals surface area contributed by atoms with Crippen molar-refractivity contribution in [2.45, 2.75) is 12.1 Å². The highest BCUT2D eigenvalue weighted by molar-refractivity contribution is 6.24. The maximum atomic E-state index is 13.5. The first-order chi connectivity index (χ1) is 16.8. The first-order valence-electron chi connectivity index (χ1n) is 10.4. The van der Waals surface area contributed by atoms with Crippen LogP contribution in [0.4, 0.5) is 22.7 Å². The van der Waals surface area contributed by atoms with E-state index in [9.17, 15) is 34.9 Å². The van der Waals surface area contributed by atoms with Crippen LogP contribution in [0.1, 0.15) is 11.6 Å². The fourth-order valence-electron chi connectivity index (χ4n) is 4.37. The monoisotopic (exact) mass is 476 g/mol. The van der Waals surface area contributed by atoms with Gasteiger partial charge in [0.2, 0.25) is 5.91 Å². The summed E-state index contributed by atoms with van der Waals surface area (Å²) in [6.07, 6.45) is -1.23. The molecular weight excluding hydrogens is 460 g/mol. The zero-order valence-electron chi connectivity index (χ0n) is 17.8. The normalized spacial score (nSPS) is 21.3. The number of amides is 2. The average molecular weight is 476 g/mol. The molecule has 12 heteroatoms. The minimum atomic E-state index is -1.23. The largest absolute Gasteiger partial charge is 0.508 e. The second-order valence-corrected chi connectivity index (χ2v) is 7.98. The predicted octanol–water partition coefficient (Wildman–Crippen LogP) is 3.26. The average Bonchev–Trinajstić information content (AvgIpc) is 3.35. The first kappa shape index (κ1) is 22.0. The van der Waals surface area contributed by atoms with Gasteiger partial charge in [0.05, 0.1) is 27.3 Å². The lowest BCUT2D eigenvalue weighted by Crippen LogP contribution is -2.37. The van der Waals surface area contributed by atoms with E-state index in [1.54, 1.807) is 18.2 Å². The summed E-state index contributed by atoms with van der Waals surface area (Å²) in [6, 6.07) is 15.7. The molecule has 2 aliphatic heterocycles. The van der Waals surface area contributed by atoms with Gasteiger partial charge in [0.1, 0.15) is 11.7 Å². The molecule has 0 aromatic heterocycles. The number of phenols is 1. The van der Waals surface area contributed by atoms with Gasteiger partial charge < -0.3 is 5.11 Å². The number of hydrogen-bond acceptors (Lipinski definition) is 9. The van der Waals surface area contributed by atoms with Crippen LogP contribution in [0.5, 0.6) is 5.75 Å². The molecule has 3 aromatic carbocycles. The Morgan fingerprint density at radius 1 is 0.800 bits per heavy atom. The van der Waals surface area contributed by atoms with Crippen molar-refractivity contribution in [3.8, 4) is 5.75 Å². The fourth-order valence-corrected chi connectivity index (χ4v) is 4.37. The van der Waals surface area contributed by atoms with Gasteiger partial charge in [-0.05, 0) is 35.9 Å². The molecule has 2 saturated heterocycles. The van der Waals surface area contributed by atoms with Gasteiger partial charge in [-0.25, -0.2) is 9.96 Å². The molecule has 2 amide bonds. The van der Waals surface area contributed by atoms with Crippen molar-refractivity contribution in [2.75, 3.05) is 9.96 Å². The number of benzene rings is 3. The standard InChI is InChI=1S/C23H16N4O8/c28-18-10-4-13(5-11-18)20-19-21(35-25(20)16-2-1-3-17(12-16)27(33)34)23(30)24(22(19)29)14-6-8-15(9-7-14)26(31)32/h1-12,19-21,28H. The number of phenolic OH excluding ortho intramolecular Hbond substituents is 1. The number of aromatic hydroxyl groups is 1. The predicted molar refractivity (Wildman–Crippen MR) is 120 cm³/mol. The Hall–Kier alpha value is -4.84. The molecule has 0 aliphatic carbocycles. The molecule has 0 bridgehead atoms. The molecule has 2 aliphatic rings. The van der Waals surface area contributed by atoms with Gasteiger partial charge in [0.25, 0.3) is 17.3 Å². The molecule has 0 radical (unpaired) electrons. The fraction of sp³-hybridized carbons (Fsp3) is 0.130. The van der Waals surface area contributed by atoms with E-state index in [-0.39, 0.29) is 28.5 Å². The van der Waals surface area contributed by atoms with Gasteiger partial charge in [-0.2, -0.15) is 0 Å². The number of nitro benzene ring substituents is 2. The summed E-state index contributed by atoms with van der Waals surface area (Å²) in [5.41, 5.74) is 0.582. The van der Waals surface area contributed by atoms with Crippen molar-refractivity contribution in [1.29, 1.82) is 0 Å². The Balaban J connectivity index is 1.56. The van der Waals surface area contributed by atoms with Crippen LogP contribution >= 0.6 is 0 Å². The van der Waals surface area contributed by atoms with Crippen LogP contribution in [0.2, 0.25) is 0 Å². The summed E-state index contributed by atoms with van der Waals surface area (Å²) >= 11 is 0. The number of carbonyl (C=O) groups is 2. The molecule has 0 saturated carbocycles. The SMILES string of the molecule is O=C1C2ON(c3cccc([N+](=O)[O-])c3)C(c3ccc(O)cc3)C2C(=O)N1c1ccc([N+](=O)[O-])cc1. The number of nitro groups is 2. The highest BCUT2D eigenvalue weighted by atomic mass is 16.7. The van der Waals surface area contributed by atoms with Gasteiger partial charge in [-0.1, -0.05) is 18.2 Å². The summed E-state index contributed by atoms with van der Waals surface area (Å²) in [5.74, 6) is -2.26. The second-order valence-electron chi connectivity index (χ2n) is 7.98. The highest BCUT2D eigenvalue weighted by Gasteiger charge is 2.60. The van der Waals surface area contributed by atoms with Crippen molar-refractivity contribution in [3.05, 3.63) is 98.6 Å². The lowest BCUT2D eigenvalue weighted by molar-refractivity contribution is -0.385. The van der Waals surface area contributed by atoms with Crippen molar-refractivity contribution in [3.63, 3.8) is 0 Å². The minimum absolute atomic E-state index is 0.00699. The van der Waals surface area contributed by atoms with Crippen molar-refractivity contribution in [2.24, 2.45) is 5.92 Å². The Morgan fingerprint density at radius 2 is 1.46 bits per heavy atom. The van der Waals surface area contributed by atoms with Gasteiger partial charge in [0, 0.05) is 24.3 Å². The number of imide groups is 1. The Bertz CT molecular complexity index is 1360. The molecule has 176 valence electrons. The number of rotatable bonds is 5. The van der Waals surface area contributed by atoms with Crippen LogP contribution < -0.4 is 9.96 Å². The van der Waals surface area contributed by atoms with Crippen molar-refractivity contribution >= 4 is 34.6 Å². The minimum Gasteiger partial charge on any atom is -0.508 e. The number of hydrogen-bond donors (Lipinski definition) is 1. The maximum absolute atomic E-state index is 13.5. The van der Waals surface area contributed by atoms with Gasteiger partial charge in [-0.3, -0.25) is 34.7 Å². The quantitative estimate of drug-likeness (QED) is 0.332. The van der Waals surface area contributed by atoms with E-state index in [4.69, 9.17) is 4.84 Å². The van der Waals surface area contributed by atoms with E-state index >= 15 is 0 Å². The van der Waals surface area contributed by atoms with Crippen LogP contribution in [-0.2, 0) is 14.4 Å². The van der Waals surface area contributed by atoms with E-state index in [2.05, 4.69) is 0 Å². The van der Waals surface area contributed by atoms with E-state index in [1.165, 1.54) is 59.7 Å². The third-order valence-electron chi connectivity index (χ3n) is 5.96. The molecule has 12 nitrogen and oxygen atoms in total. The van der Waals surface area contributed by atoms with Gasteiger partial charge >= 0.3 is 0 Å². The molecule has 3 atom stereocenters. The summed E-state index contributed by atoms with van der Waals surface area (Å²) in [5, 5.41) is 33.3. The smallest absolute Gasteiger partial charge is 0.271 e. The van der Waals surface area contributed by atoms with E-state index in [0.717, 1.165) is 4.90 Å². The van der Waals surface area contributed by atoms with Crippen LogP contribution in [0.25, 0.3) is 0 Å². The molecule has 35 heavy (non-hydrogen) atoms. The van der Waals surface area contributed by atoms with Crippen LogP contribution in [0.3, 0.4) is 0 Å². The summed E-state index contributed by atoms with van der Waals surface area (Å²) < 4.78 is 0.